The predicted molar refractivity (Wildman–Crippen MR) is 38.7 cm³/mol. The molecular formula is C6H12O7Zn2. The van der Waals surface area contributed by atoms with Crippen LogP contribution in [0.4, 0.5) is 0 Å². The summed E-state index contributed by atoms with van der Waals surface area (Å²) in [5.74, 6) is -1.73. The molecule has 0 bridgehead atoms. The Bertz CT molecular complexity index is 179. The van der Waals surface area contributed by atoms with Gasteiger partial charge in [-0.2, -0.15) is 0 Å². The van der Waals surface area contributed by atoms with Crippen LogP contribution in [0.15, 0.2) is 0 Å². The second-order valence-electron chi connectivity index (χ2n) is 2.51. The molecule has 7 nitrogen and oxygen atoms in total. The molecule has 0 radical (unpaired) electrons. The summed E-state index contributed by atoms with van der Waals surface area (Å²) in [4.78, 5) is 10.1. The van der Waals surface area contributed by atoms with Crippen molar-refractivity contribution in [2.75, 3.05) is 6.61 Å². The van der Waals surface area contributed by atoms with Gasteiger partial charge < -0.3 is 30.6 Å². The fourth-order valence-electron chi connectivity index (χ4n) is 0.668. The first kappa shape index (κ1) is 20.9. The summed E-state index contributed by atoms with van der Waals surface area (Å²) < 4.78 is 0. The molecule has 0 saturated heterocycles. The number of carboxylic acid groups (broad SMARTS) is 1. The summed E-state index contributed by atoms with van der Waals surface area (Å²) in [5, 5.41) is 51.8. The topological polar surface area (TPSA) is 138 Å². The molecule has 0 heterocycles. The molecule has 0 aromatic carbocycles. The van der Waals surface area contributed by atoms with Crippen LogP contribution < -0.4 is 0 Å². The molecule has 0 saturated carbocycles. The van der Waals surface area contributed by atoms with Gasteiger partial charge in [-0.25, -0.2) is 4.79 Å². The van der Waals surface area contributed by atoms with Gasteiger partial charge in [0.25, 0.3) is 0 Å². The van der Waals surface area contributed by atoms with Crippen LogP contribution in [0, 0.1) is 0 Å². The van der Waals surface area contributed by atoms with E-state index in [1.807, 2.05) is 0 Å². The fraction of sp³-hybridized carbons (Fsp3) is 0.833. The van der Waals surface area contributed by atoms with Gasteiger partial charge in [0.2, 0.25) is 0 Å². The minimum atomic E-state index is -2.20. The molecule has 0 aromatic rings. The largest absolute Gasteiger partial charge is 0.479 e. The van der Waals surface area contributed by atoms with Crippen molar-refractivity contribution < 1.29 is 74.4 Å². The zero-order valence-electron chi connectivity index (χ0n) is 8.02. The summed E-state index contributed by atoms with van der Waals surface area (Å²) in [5.41, 5.74) is 0. The fourth-order valence-corrected chi connectivity index (χ4v) is 0.668. The van der Waals surface area contributed by atoms with E-state index >= 15 is 0 Å². The quantitative estimate of drug-likeness (QED) is 0.288. The zero-order chi connectivity index (χ0) is 10.6. The molecule has 0 rings (SSSR count). The Morgan fingerprint density at radius 1 is 1.00 bits per heavy atom. The van der Waals surface area contributed by atoms with Gasteiger partial charge in [0.05, 0.1) is 6.61 Å². The first-order valence-electron chi connectivity index (χ1n) is 3.47. The summed E-state index contributed by atoms with van der Waals surface area (Å²) >= 11 is 0. The third-order valence-corrected chi connectivity index (χ3v) is 1.51. The van der Waals surface area contributed by atoms with Crippen molar-refractivity contribution >= 4 is 5.97 Å². The second kappa shape index (κ2) is 9.72. The van der Waals surface area contributed by atoms with Crippen molar-refractivity contribution in [3.8, 4) is 0 Å². The Hall–Kier alpha value is 0.517. The van der Waals surface area contributed by atoms with E-state index in [4.69, 9.17) is 30.6 Å². The molecule has 9 heteroatoms. The molecule has 82 valence electrons. The van der Waals surface area contributed by atoms with Crippen molar-refractivity contribution in [2.45, 2.75) is 24.4 Å². The van der Waals surface area contributed by atoms with Crippen LogP contribution in [0.5, 0.6) is 0 Å². The van der Waals surface area contributed by atoms with E-state index < -0.39 is 37.0 Å². The van der Waals surface area contributed by atoms with Gasteiger partial charge in [-0.05, 0) is 0 Å². The number of hydrogen-bond donors (Lipinski definition) is 6. The van der Waals surface area contributed by atoms with Crippen LogP contribution in [0.25, 0.3) is 0 Å². The van der Waals surface area contributed by atoms with E-state index in [9.17, 15) is 4.79 Å². The molecule has 0 aliphatic rings. The monoisotopic (exact) mass is 324 g/mol. The van der Waals surface area contributed by atoms with Gasteiger partial charge in [-0.1, -0.05) is 0 Å². The molecule has 4 atom stereocenters. The Balaban J connectivity index is -0.000000720. The van der Waals surface area contributed by atoms with E-state index in [1.165, 1.54) is 0 Å². The SMILES string of the molecule is O=C(O)[C@H](O)[C@@H](O)[C@H](O)[C@H](O)CO.[Zn].[Zn]. The Morgan fingerprint density at radius 3 is 1.67 bits per heavy atom. The Morgan fingerprint density at radius 2 is 1.40 bits per heavy atom. The predicted octanol–water partition coefficient (Wildman–Crippen LogP) is -3.50. The number of aliphatic hydroxyl groups excluding tert-OH is 5. The number of aliphatic carboxylic acids is 1. The average molecular weight is 327 g/mol. The molecule has 6 N–H and O–H groups in total. The number of rotatable bonds is 5. The number of carboxylic acids is 1. The second-order valence-corrected chi connectivity index (χ2v) is 2.51. The molecular weight excluding hydrogens is 315 g/mol. The van der Waals surface area contributed by atoms with Crippen LogP contribution in [0.2, 0.25) is 0 Å². The zero-order valence-corrected chi connectivity index (χ0v) is 14.0. The number of carbonyl (C=O) groups is 1. The van der Waals surface area contributed by atoms with E-state index in [0.29, 0.717) is 0 Å². The molecule has 0 unspecified atom stereocenters. The Kier molecular flexibility index (Phi) is 13.5. The van der Waals surface area contributed by atoms with Gasteiger partial charge in [-0.15, -0.1) is 0 Å². The maximum atomic E-state index is 10.1. The van der Waals surface area contributed by atoms with Gasteiger partial charge in [0, 0.05) is 39.0 Å². The summed E-state index contributed by atoms with van der Waals surface area (Å²) in [6.07, 6.45) is -7.84. The van der Waals surface area contributed by atoms with Crippen molar-refractivity contribution in [2.24, 2.45) is 0 Å². The normalized spacial score (nSPS) is 17.7. The first-order valence-corrected chi connectivity index (χ1v) is 3.47. The van der Waals surface area contributed by atoms with Crippen LogP contribution in [0.3, 0.4) is 0 Å². The van der Waals surface area contributed by atoms with Crippen molar-refractivity contribution in [3.05, 3.63) is 0 Å². The summed E-state index contributed by atoms with van der Waals surface area (Å²) in [6.45, 7) is -0.843. The summed E-state index contributed by atoms with van der Waals surface area (Å²) in [7, 11) is 0. The Labute approximate surface area is 111 Å². The molecule has 15 heavy (non-hydrogen) atoms. The van der Waals surface area contributed by atoms with Gasteiger partial charge in [0.15, 0.2) is 6.10 Å². The molecule has 0 fully saturated rings. The average Bonchev–Trinajstić information content (AvgIpc) is 2.12. The van der Waals surface area contributed by atoms with Gasteiger partial charge in [-0.3, -0.25) is 0 Å². The molecule has 0 aliphatic carbocycles. The minimum Gasteiger partial charge on any atom is -0.479 e. The van der Waals surface area contributed by atoms with Crippen molar-refractivity contribution in [3.63, 3.8) is 0 Å². The molecule has 0 amide bonds. The number of aliphatic hydroxyl groups is 5. The third-order valence-electron chi connectivity index (χ3n) is 1.51. The van der Waals surface area contributed by atoms with Crippen molar-refractivity contribution in [1.29, 1.82) is 0 Å². The van der Waals surface area contributed by atoms with Crippen LogP contribution in [-0.2, 0) is 43.8 Å². The molecule has 0 aromatic heterocycles. The van der Waals surface area contributed by atoms with Gasteiger partial charge in [0.1, 0.15) is 18.3 Å². The summed E-state index contributed by atoms with van der Waals surface area (Å²) in [6, 6.07) is 0. The molecule has 0 spiro atoms. The number of hydrogen-bond acceptors (Lipinski definition) is 6. The smallest absolute Gasteiger partial charge is 0.335 e. The van der Waals surface area contributed by atoms with Crippen LogP contribution >= 0.6 is 0 Å². The molecule has 0 aliphatic heterocycles. The maximum absolute atomic E-state index is 10.1. The standard InChI is InChI=1S/C6H12O7.2Zn/c7-1-2(8)3(9)4(10)5(11)6(12)13;;/h2-5,7-11H,1H2,(H,12,13);;/t2-,3-,4+,5-;;/m1../s1. The van der Waals surface area contributed by atoms with Crippen molar-refractivity contribution in [1.82, 2.24) is 0 Å². The van der Waals surface area contributed by atoms with Crippen LogP contribution in [0.1, 0.15) is 0 Å². The van der Waals surface area contributed by atoms with Crippen LogP contribution in [-0.4, -0.2) is 67.6 Å². The van der Waals surface area contributed by atoms with Gasteiger partial charge >= 0.3 is 5.97 Å². The minimum absolute atomic E-state index is 0. The third kappa shape index (κ3) is 6.63. The van der Waals surface area contributed by atoms with E-state index in [0.717, 1.165) is 0 Å². The maximum Gasteiger partial charge on any atom is 0.335 e. The van der Waals surface area contributed by atoms with E-state index in [2.05, 4.69) is 0 Å². The first-order chi connectivity index (χ1) is 5.91. The van der Waals surface area contributed by atoms with E-state index in [1.54, 1.807) is 0 Å². The van der Waals surface area contributed by atoms with E-state index in [-0.39, 0.29) is 39.0 Å².